The molecule has 0 bridgehead atoms. The van der Waals surface area contributed by atoms with Crippen LogP contribution in [0.5, 0.6) is 0 Å². The summed E-state index contributed by atoms with van der Waals surface area (Å²) in [6.07, 6.45) is 12.3. The predicted molar refractivity (Wildman–Crippen MR) is 150 cm³/mol. The Morgan fingerprint density at radius 1 is 0.600 bits per heavy atom. The number of allylic oxidation sites excluding steroid dienone is 2. The van der Waals surface area contributed by atoms with E-state index in [0.717, 1.165) is 6.16 Å². The van der Waals surface area contributed by atoms with Crippen molar-refractivity contribution in [2.75, 3.05) is 10.6 Å². The van der Waals surface area contributed by atoms with Crippen LogP contribution in [0.2, 0.25) is 0 Å². The summed E-state index contributed by atoms with van der Waals surface area (Å²) in [4.78, 5) is 0. The Bertz CT molecular complexity index is 810. The van der Waals surface area contributed by atoms with Crippen LogP contribution in [0.1, 0.15) is 32.1 Å². The van der Waals surface area contributed by atoms with Crippen molar-refractivity contribution in [3.63, 3.8) is 0 Å². The van der Waals surface area contributed by atoms with Crippen LogP contribution in [-0.4, -0.2) is 10.6 Å². The molecule has 0 amide bonds. The van der Waals surface area contributed by atoms with Crippen LogP contribution < -0.4 is 15.9 Å². The van der Waals surface area contributed by atoms with Crippen LogP contribution in [0, 0.1) is 0 Å². The summed E-state index contributed by atoms with van der Waals surface area (Å²) in [5.74, 6) is 0. The minimum absolute atomic E-state index is 0.984. The fraction of sp³-hybridized carbons (Fsp3) is 0.259. The van der Waals surface area contributed by atoms with Gasteiger partial charge in [0.25, 0.3) is 0 Å². The SMILES string of the molecule is BrP(CC=CCCCCCCI)(c1ccccc1)(c1ccccc1)c1ccccc1. The molecule has 0 aliphatic carbocycles. The van der Waals surface area contributed by atoms with Gasteiger partial charge in [0.05, 0.1) is 0 Å². The van der Waals surface area contributed by atoms with Gasteiger partial charge in [-0.05, 0) is 0 Å². The number of rotatable bonds is 11. The van der Waals surface area contributed by atoms with Gasteiger partial charge in [0, 0.05) is 0 Å². The minimum atomic E-state index is -2.79. The van der Waals surface area contributed by atoms with Gasteiger partial charge in [-0.1, -0.05) is 0 Å². The topological polar surface area (TPSA) is 0 Å². The molecule has 0 heterocycles. The van der Waals surface area contributed by atoms with Crippen molar-refractivity contribution in [3.8, 4) is 0 Å². The third-order valence-corrected chi connectivity index (χ3v) is 16.1. The first-order valence-corrected chi connectivity index (χ1v) is 16.8. The number of unbranched alkanes of at least 4 members (excludes halogenated alkanes) is 4. The third kappa shape index (κ3) is 5.26. The first kappa shape index (κ1) is 23.7. The molecule has 0 saturated carbocycles. The quantitative estimate of drug-likeness (QED) is 0.0701. The molecule has 3 aromatic rings. The molecule has 0 unspecified atom stereocenters. The van der Waals surface area contributed by atoms with Gasteiger partial charge in [-0.15, -0.1) is 0 Å². The molecule has 30 heavy (non-hydrogen) atoms. The summed E-state index contributed by atoms with van der Waals surface area (Å²) >= 11 is 6.97. The maximum absolute atomic E-state index is 4.50. The van der Waals surface area contributed by atoms with Crippen molar-refractivity contribution in [1.29, 1.82) is 0 Å². The molecule has 0 nitrogen and oxygen atoms in total. The fourth-order valence-corrected chi connectivity index (χ4v) is 11.7. The zero-order valence-corrected chi connectivity index (χ0v) is 22.1. The third-order valence-electron chi connectivity index (χ3n) is 5.75. The fourth-order valence-electron chi connectivity index (χ4n) is 4.08. The van der Waals surface area contributed by atoms with Crippen LogP contribution in [0.4, 0.5) is 0 Å². The molecule has 0 radical (unpaired) electrons. The van der Waals surface area contributed by atoms with E-state index < -0.39 is 5.31 Å². The number of alkyl halides is 1. The summed E-state index contributed by atoms with van der Waals surface area (Å²) in [5, 5.41) is 1.35. The van der Waals surface area contributed by atoms with Gasteiger partial charge in [0.2, 0.25) is 0 Å². The van der Waals surface area contributed by atoms with Crippen LogP contribution in [0.15, 0.2) is 103 Å². The van der Waals surface area contributed by atoms with Crippen LogP contribution >= 0.6 is 43.4 Å². The molecule has 0 fully saturated rings. The van der Waals surface area contributed by atoms with Gasteiger partial charge in [0.1, 0.15) is 0 Å². The molecule has 0 saturated heterocycles. The molecule has 0 aliphatic rings. The number of hydrogen-bond donors (Lipinski definition) is 0. The Morgan fingerprint density at radius 3 is 1.47 bits per heavy atom. The van der Waals surface area contributed by atoms with Crippen LogP contribution in [-0.2, 0) is 0 Å². The van der Waals surface area contributed by atoms with E-state index in [1.807, 2.05) is 0 Å². The first-order chi connectivity index (χ1) is 14.7. The van der Waals surface area contributed by atoms with Crippen molar-refractivity contribution in [1.82, 2.24) is 0 Å². The standard InChI is InChI=1S/C27H31BrIP/c28-30(25-17-9-6-10-18-25,26-19-11-7-12-20-26,27-21-13-8-14-22-27)24-16-5-3-1-2-4-15-23-29/h5-14,16-22H,1-4,15,23-24H2. The van der Waals surface area contributed by atoms with E-state index in [4.69, 9.17) is 0 Å². The van der Waals surface area contributed by atoms with E-state index >= 15 is 0 Å². The molecule has 3 aromatic carbocycles. The van der Waals surface area contributed by atoms with Crippen molar-refractivity contribution < 1.29 is 0 Å². The zero-order valence-electron chi connectivity index (χ0n) is 17.5. The van der Waals surface area contributed by atoms with Crippen molar-refractivity contribution >= 4 is 59.3 Å². The second-order valence-electron chi connectivity index (χ2n) is 7.74. The van der Waals surface area contributed by atoms with Gasteiger partial charge in [-0.25, -0.2) is 0 Å². The summed E-state index contributed by atoms with van der Waals surface area (Å²) in [6.45, 7) is 0. The summed E-state index contributed by atoms with van der Waals surface area (Å²) in [7, 11) is 0. The van der Waals surface area contributed by atoms with Gasteiger partial charge < -0.3 is 0 Å². The summed E-state index contributed by atoms with van der Waals surface area (Å²) in [5.41, 5.74) is 0. The molecule has 0 atom stereocenters. The molecular formula is C27H31BrIP. The molecular weight excluding hydrogens is 562 g/mol. The van der Waals surface area contributed by atoms with E-state index in [1.165, 1.54) is 52.4 Å². The number of hydrogen-bond acceptors (Lipinski definition) is 0. The Kier molecular flexibility index (Phi) is 9.16. The van der Waals surface area contributed by atoms with Gasteiger partial charge in [0.15, 0.2) is 0 Å². The van der Waals surface area contributed by atoms with Crippen LogP contribution in [0.25, 0.3) is 0 Å². The molecule has 0 N–H and O–H groups in total. The maximum atomic E-state index is 4.50. The molecule has 0 aliphatic heterocycles. The van der Waals surface area contributed by atoms with E-state index in [1.54, 1.807) is 0 Å². The number of halogens is 2. The zero-order chi connectivity index (χ0) is 21.1. The molecule has 0 aromatic heterocycles. The van der Waals surface area contributed by atoms with E-state index in [2.05, 4.69) is 141 Å². The molecule has 158 valence electrons. The van der Waals surface area contributed by atoms with Crippen molar-refractivity contribution in [2.24, 2.45) is 0 Å². The van der Waals surface area contributed by atoms with Gasteiger partial charge >= 0.3 is 205 Å². The van der Waals surface area contributed by atoms with Gasteiger partial charge in [-0.3, -0.25) is 0 Å². The van der Waals surface area contributed by atoms with E-state index in [9.17, 15) is 0 Å². The van der Waals surface area contributed by atoms with Crippen LogP contribution in [0.3, 0.4) is 0 Å². The van der Waals surface area contributed by atoms with Crippen molar-refractivity contribution in [3.05, 3.63) is 103 Å². The number of benzene rings is 3. The van der Waals surface area contributed by atoms with Crippen molar-refractivity contribution in [2.45, 2.75) is 32.1 Å². The molecule has 3 heteroatoms. The Balaban J connectivity index is 2.00. The Hall–Kier alpha value is -0.960. The molecule has 0 spiro atoms. The second kappa shape index (κ2) is 11.6. The molecule has 3 rings (SSSR count). The summed E-state index contributed by atoms with van der Waals surface area (Å²) < 4.78 is 1.27. The predicted octanol–water partition coefficient (Wildman–Crippen LogP) is 7.77. The van der Waals surface area contributed by atoms with E-state index in [-0.39, 0.29) is 0 Å². The average Bonchev–Trinajstić information content (AvgIpc) is 2.82. The monoisotopic (exact) mass is 592 g/mol. The first-order valence-electron chi connectivity index (χ1n) is 10.8. The normalized spacial score (nSPS) is 13.2. The Morgan fingerprint density at radius 2 is 1.03 bits per heavy atom. The van der Waals surface area contributed by atoms with Gasteiger partial charge in [-0.2, -0.15) is 0 Å². The second-order valence-corrected chi connectivity index (χ2v) is 17.8. The summed E-state index contributed by atoms with van der Waals surface area (Å²) in [6, 6.07) is 33.1. The van der Waals surface area contributed by atoms with E-state index in [0.29, 0.717) is 0 Å². The Labute approximate surface area is 204 Å². The average molecular weight is 593 g/mol.